The molecule has 1 saturated heterocycles. The molecule has 0 aliphatic carbocycles. The molecule has 0 aromatic carbocycles. The second kappa shape index (κ2) is 47.7. The number of carboxylic acid groups (broad SMARTS) is 1. The third-order valence-electron chi connectivity index (χ3n) is 12.9. The van der Waals surface area contributed by atoms with Crippen LogP contribution in [0.3, 0.4) is 0 Å². The molecule has 1 aliphatic heterocycles. The molecule has 6 unspecified atom stereocenters. The van der Waals surface area contributed by atoms with Gasteiger partial charge in [0, 0.05) is 19.3 Å². The largest absolute Gasteiger partial charge is 0.479 e. The first-order chi connectivity index (χ1) is 34.6. The van der Waals surface area contributed by atoms with Gasteiger partial charge in [-0.15, -0.1) is 0 Å². The standard InChI is InChI=1S/C59H102O12/c1-4-7-10-13-16-19-21-23-25-26-28-29-31-34-36-39-42-45-51(60)67-48-50(69-52(61)46-43-40-38-35-32-30-27-24-22-20-17-14-11-8-5-2)49-68-59-57(55(64)54(63)56(71-59)58(65)66)70-53(62)47-44-41-37-33-18-15-12-9-6-3/h16-17,19-20,23-25,27,50,54-57,59,63-64H,4-15,18,21-22,26,28-49H2,1-3H3,(H,65,66)/b19-16-,20-17-,25-23-,27-24-. The Hall–Kier alpha value is -3.32. The molecule has 410 valence electrons. The molecule has 71 heavy (non-hydrogen) atoms. The molecule has 0 aromatic heterocycles. The minimum absolute atomic E-state index is 0.0597. The molecule has 0 radical (unpaired) electrons. The van der Waals surface area contributed by atoms with Gasteiger partial charge in [0.05, 0.1) is 6.61 Å². The predicted octanol–water partition coefficient (Wildman–Crippen LogP) is 14.2. The second-order valence-electron chi connectivity index (χ2n) is 19.6. The number of rotatable bonds is 48. The zero-order valence-corrected chi connectivity index (χ0v) is 45.0. The second-order valence-corrected chi connectivity index (χ2v) is 19.6. The predicted molar refractivity (Wildman–Crippen MR) is 285 cm³/mol. The quantitative estimate of drug-likeness (QED) is 0.0228. The number of ether oxygens (including phenoxy) is 5. The first-order valence-corrected chi connectivity index (χ1v) is 28.6. The summed E-state index contributed by atoms with van der Waals surface area (Å²) in [6.07, 6.45) is 43.8. The number of carbonyl (C=O) groups excluding carboxylic acids is 3. The van der Waals surface area contributed by atoms with E-state index in [0.29, 0.717) is 19.3 Å². The molecule has 1 fully saturated rings. The average Bonchev–Trinajstić information content (AvgIpc) is 3.35. The lowest BCUT2D eigenvalue weighted by atomic mass is 9.98. The number of aliphatic hydroxyl groups excluding tert-OH is 2. The number of hydrogen-bond acceptors (Lipinski definition) is 11. The zero-order valence-electron chi connectivity index (χ0n) is 45.0. The topological polar surface area (TPSA) is 175 Å². The van der Waals surface area contributed by atoms with Crippen molar-refractivity contribution < 1.29 is 58.2 Å². The van der Waals surface area contributed by atoms with Crippen molar-refractivity contribution in [3.05, 3.63) is 48.6 Å². The molecule has 0 aromatic rings. The van der Waals surface area contributed by atoms with Gasteiger partial charge in [-0.25, -0.2) is 4.79 Å². The van der Waals surface area contributed by atoms with Crippen molar-refractivity contribution in [1.29, 1.82) is 0 Å². The summed E-state index contributed by atoms with van der Waals surface area (Å²) in [5, 5.41) is 31.3. The van der Waals surface area contributed by atoms with Crippen molar-refractivity contribution in [2.45, 2.75) is 289 Å². The van der Waals surface area contributed by atoms with Gasteiger partial charge in [0.1, 0.15) is 18.8 Å². The molecule has 0 bridgehead atoms. The van der Waals surface area contributed by atoms with E-state index >= 15 is 0 Å². The van der Waals surface area contributed by atoms with E-state index in [1.54, 1.807) is 0 Å². The summed E-state index contributed by atoms with van der Waals surface area (Å²) in [5.41, 5.74) is 0. The van der Waals surface area contributed by atoms with E-state index in [0.717, 1.165) is 109 Å². The highest BCUT2D eigenvalue weighted by molar-refractivity contribution is 5.74. The molecule has 0 spiro atoms. The Morgan fingerprint density at radius 1 is 0.465 bits per heavy atom. The lowest BCUT2D eigenvalue weighted by molar-refractivity contribution is -0.301. The molecular weight excluding hydrogens is 901 g/mol. The van der Waals surface area contributed by atoms with E-state index < -0.39 is 67.3 Å². The maximum absolute atomic E-state index is 13.1. The smallest absolute Gasteiger partial charge is 0.335 e. The molecular formula is C59H102O12. The molecule has 3 N–H and O–H groups in total. The maximum Gasteiger partial charge on any atom is 0.335 e. The summed E-state index contributed by atoms with van der Waals surface area (Å²) in [6.45, 7) is 5.89. The van der Waals surface area contributed by atoms with Crippen LogP contribution >= 0.6 is 0 Å². The molecule has 0 saturated carbocycles. The van der Waals surface area contributed by atoms with Crippen molar-refractivity contribution >= 4 is 23.9 Å². The first-order valence-electron chi connectivity index (χ1n) is 28.6. The fourth-order valence-corrected chi connectivity index (χ4v) is 8.43. The van der Waals surface area contributed by atoms with Crippen LogP contribution in [-0.2, 0) is 42.9 Å². The lowest BCUT2D eigenvalue weighted by Crippen LogP contribution is -2.61. The molecule has 1 heterocycles. The van der Waals surface area contributed by atoms with Crippen LogP contribution in [0.2, 0.25) is 0 Å². The van der Waals surface area contributed by atoms with Crippen molar-refractivity contribution in [3.8, 4) is 0 Å². The van der Waals surface area contributed by atoms with Gasteiger partial charge in [-0.3, -0.25) is 14.4 Å². The Balaban J connectivity index is 2.69. The molecule has 1 rings (SSSR count). The van der Waals surface area contributed by atoms with Gasteiger partial charge in [-0.05, 0) is 83.5 Å². The summed E-state index contributed by atoms with van der Waals surface area (Å²) in [7, 11) is 0. The number of hydrogen-bond donors (Lipinski definition) is 3. The monoisotopic (exact) mass is 1000 g/mol. The number of aliphatic hydroxyl groups is 2. The average molecular weight is 1000 g/mol. The van der Waals surface area contributed by atoms with Crippen LogP contribution in [0, 0.1) is 0 Å². The summed E-state index contributed by atoms with van der Waals surface area (Å²) >= 11 is 0. The van der Waals surface area contributed by atoms with Crippen LogP contribution in [0.25, 0.3) is 0 Å². The normalized spacial score (nSPS) is 18.8. The van der Waals surface area contributed by atoms with E-state index in [4.69, 9.17) is 23.7 Å². The molecule has 6 atom stereocenters. The van der Waals surface area contributed by atoms with Crippen molar-refractivity contribution in [3.63, 3.8) is 0 Å². The van der Waals surface area contributed by atoms with Crippen molar-refractivity contribution in [2.75, 3.05) is 13.2 Å². The minimum Gasteiger partial charge on any atom is -0.479 e. The number of carbonyl (C=O) groups is 4. The van der Waals surface area contributed by atoms with Gasteiger partial charge in [0.2, 0.25) is 0 Å². The number of aliphatic carboxylic acids is 1. The molecule has 12 nitrogen and oxygen atoms in total. The summed E-state index contributed by atoms with van der Waals surface area (Å²) in [5.74, 6) is -3.14. The van der Waals surface area contributed by atoms with Gasteiger partial charge in [-0.1, -0.05) is 198 Å². The number of carboxylic acids is 1. The molecule has 12 heteroatoms. The van der Waals surface area contributed by atoms with Gasteiger partial charge in [0.15, 0.2) is 24.6 Å². The fourth-order valence-electron chi connectivity index (χ4n) is 8.43. The van der Waals surface area contributed by atoms with E-state index in [1.807, 2.05) is 0 Å². The highest BCUT2D eigenvalue weighted by Gasteiger charge is 2.50. The third-order valence-corrected chi connectivity index (χ3v) is 12.9. The minimum atomic E-state index is -1.90. The Morgan fingerprint density at radius 3 is 1.30 bits per heavy atom. The van der Waals surface area contributed by atoms with Gasteiger partial charge in [-0.2, -0.15) is 0 Å². The number of esters is 3. The number of allylic oxidation sites excluding steroid dienone is 8. The van der Waals surface area contributed by atoms with Crippen molar-refractivity contribution in [1.82, 2.24) is 0 Å². The van der Waals surface area contributed by atoms with Crippen LogP contribution in [0.1, 0.15) is 252 Å². The Labute approximate surface area is 431 Å². The Bertz CT molecular complexity index is 1420. The van der Waals surface area contributed by atoms with E-state index in [-0.39, 0.29) is 25.9 Å². The van der Waals surface area contributed by atoms with E-state index in [1.165, 1.54) is 83.5 Å². The third kappa shape index (κ3) is 38.0. The zero-order chi connectivity index (χ0) is 51.8. The highest BCUT2D eigenvalue weighted by Crippen LogP contribution is 2.26. The molecule has 0 amide bonds. The van der Waals surface area contributed by atoms with Gasteiger partial charge >= 0.3 is 23.9 Å². The maximum atomic E-state index is 13.1. The summed E-state index contributed by atoms with van der Waals surface area (Å²) < 4.78 is 28.3. The summed E-state index contributed by atoms with van der Waals surface area (Å²) in [4.78, 5) is 50.9. The number of unbranched alkanes of at least 4 members (excludes halogenated alkanes) is 26. The Morgan fingerprint density at radius 2 is 0.845 bits per heavy atom. The van der Waals surface area contributed by atoms with Crippen LogP contribution < -0.4 is 0 Å². The SMILES string of the molecule is CCCCC/C=C\C/C=C\CCCCCCCCCC(=O)OCC(COC1OC(C(=O)O)C(O)C(O)C1OC(=O)CCCCCCCCCCC)OC(=O)CCCCCCC/C=C\C/C=C\CCCCC. The van der Waals surface area contributed by atoms with E-state index in [2.05, 4.69) is 69.4 Å². The first kappa shape index (κ1) is 65.7. The highest BCUT2D eigenvalue weighted by atomic mass is 16.7. The van der Waals surface area contributed by atoms with Crippen LogP contribution in [-0.4, -0.2) is 89.2 Å². The van der Waals surface area contributed by atoms with Gasteiger partial charge in [0.25, 0.3) is 0 Å². The molecule has 1 aliphatic rings. The van der Waals surface area contributed by atoms with Crippen LogP contribution in [0.5, 0.6) is 0 Å². The van der Waals surface area contributed by atoms with Crippen LogP contribution in [0.4, 0.5) is 0 Å². The fraction of sp³-hybridized carbons (Fsp3) is 0.797. The van der Waals surface area contributed by atoms with E-state index in [9.17, 15) is 34.5 Å². The van der Waals surface area contributed by atoms with Crippen molar-refractivity contribution in [2.24, 2.45) is 0 Å². The van der Waals surface area contributed by atoms with Gasteiger partial charge < -0.3 is 39.0 Å². The summed E-state index contributed by atoms with van der Waals surface area (Å²) in [6, 6.07) is 0. The van der Waals surface area contributed by atoms with Crippen LogP contribution in [0.15, 0.2) is 48.6 Å². The Kier molecular flexibility index (Phi) is 44.1. The lowest BCUT2D eigenvalue weighted by Gasteiger charge is -2.40.